The van der Waals surface area contributed by atoms with Crippen molar-refractivity contribution in [1.29, 1.82) is 0 Å². The van der Waals surface area contributed by atoms with E-state index in [1.165, 1.54) is 12.1 Å². The zero-order valence-corrected chi connectivity index (χ0v) is 25.2. The number of aryl methyl sites for hydroxylation is 1. The van der Waals surface area contributed by atoms with Crippen molar-refractivity contribution >= 4 is 43.5 Å². The first kappa shape index (κ1) is 28.7. The van der Waals surface area contributed by atoms with E-state index in [0.29, 0.717) is 56.3 Å². The van der Waals surface area contributed by atoms with Gasteiger partial charge in [0.15, 0.2) is 11.5 Å². The first-order valence-electron chi connectivity index (χ1n) is 14.6. The number of halogens is 1. The number of carbonyl (C=O) groups excluding carboxylic acids is 1. The molecule has 1 aromatic carbocycles. The maximum Gasteiger partial charge on any atom is 0.227 e. The number of sulfone groups is 1. The van der Waals surface area contributed by atoms with Crippen molar-refractivity contribution in [3.05, 3.63) is 72.6 Å². The van der Waals surface area contributed by atoms with E-state index in [0.717, 1.165) is 42.9 Å². The normalized spacial score (nSPS) is 14.0. The molecule has 11 nitrogen and oxygen atoms in total. The largest absolute Gasteiger partial charge is 0.335 e. The number of H-pyrrole nitrogens is 2. The van der Waals surface area contributed by atoms with Crippen LogP contribution in [0.4, 0.5) is 10.1 Å². The van der Waals surface area contributed by atoms with Crippen LogP contribution >= 0.6 is 0 Å². The summed E-state index contributed by atoms with van der Waals surface area (Å²) in [4.78, 5) is 34.0. The molecule has 0 unspecified atom stereocenters. The maximum atomic E-state index is 14.6. The van der Waals surface area contributed by atoms with E-state index in [4.69, 9.17) is 0 Å². The first-order chi connectivity index (χ1) is 21.7. The molecule has 0 saturated heterocycles. The molecule has 45 heavy (non-hydrogen) atoms. The lowest BCUT2D eigenvalue weighted by molar-refractivity contribution is -0.119. The van der Waals surface area contributed by atoms with Gasteiger partial charge in [0, 0.05) is 41.1 Å². The number of hydrogen-bond acceptors (Lipinski definition) is 8. The summed E-state index contributed by atoms with van der Waals surface area (Å²) in [6.07, 6.45) is 11.9. The van der Waals surface area contributed by atoms with Gasteiger partial charge in [0.25, 0.3) is 0 Å². The van der Waals surface area contributed by atoms with Crippen LogP contribution < -0.4 is 5.32 Å². The summed E-state index contributed by atoms with van der Waals surface area (Å²) < 4.78 is 38.0. The number of aromatic amines is 2. The maximum absolute atomic E-state index is 14.6. The molecule has 5 heterocycles. The van der Waals surface area contributed by atoms with Crippen LogP contribution in [0.15, 0.2) is 61.2 Å². The molecule has 0 atom stereocenters. The van der Waals surface area contributed by atoms with Gasteiger partial charge in [0.1, 0.15) is 21.3 Å². The predicted molar refractivity (Wildman–Crippen MR) is 169 cm³/mol. The van der Waals surface area contributed by atoms with E-state index < -0.39 is 15.7 Å². The number of pyridine rings is 3. The standard InChI is InChI=1S/C32H29FN8O3S/c1-45(43,44)9-7-18-10-20(12-22(33)11-18)24-6-8-35-30-28(24)38-31(39-30)29-25-14-26(36-17-27(25)40-41-29)21-13-23(16-34-15-21)37-32(42)19-4-2-3-5-19/h6,8,10-17,19H,2-5,7,9H2,1H3,(H,37,42)(H,40,41)(H,35,38,39). The molecule has 3 N–H and O–H groups in total. The lowest BCUT2D eigenvalue weighted by Gasteiger charge is -2.11. The monoisotopic (exact) mass is 624 g/mol. The quantitative estimate of drug-likeness (QED) is 0.201. The van der Waals surface area contributed by atoms with Crippen LogP contribution in [-0.2, 0) is 21.1 Å². The number of benzene rings is 1. The van der Waals surface area contributed by atoms with Crippen molar-refractivity contribution in [3.8, 4) is 33.9 Å². The highest BCUT2D eigenvalue weighted by atomic mass is 32.2. The number of nitrogens with zero attached hydrogens (tertiary/aromatic N) is 5. The van der Waals surface area contributed by atoms with Gasteiger partial charge in [-0.15, -0.1) is 0 Å². The summed E-state index contributed by atoms with van der Waals surface area (Å²) in [5, 5.41) is 11.3. The molecule has 5 aromatic heterocycles. The van der Waals surface area contributed by atoms with E-state index in [1.54, 1.807) is 36.9 Å². The van der Waals surface area contributed by atoms with Crippen LogP contribution in [0.3, 0.4) is 0 Å². The number of aromatic nitrogens is 7. The van der Waals surface area contributed by atoms with Crippen molar-refractivity contribution in [2.45, 2.75) is 32.1 Å². The van der Waals surface area contributed by atoms with Crippen molar-refractivity contribution < 1.29 is 17.6 Å². The zero-order chi connectivity index (χ0) is 31.1. The second-order valence-electron chi connectivity index (χ2n) is 11.5. The minimum absolute atomic E-state index is 0.0215. The van der Waals surface area contributed by atoms with Crippen LogP contribution in [0, 0.1) is 11.7 Å². The molecule has 1 fully saturated rings. The lowest BCUT2D eigenvalue weighted by Crippen LogP contribution is -2.20. The number of carbonyl (C=O) groups is 1. The van der Waals surface area contributed by atoms with Crippen LogP contribution in [0.2, 0.25) is 0 Å². The number of fused-ring (bicyclic) bond motifs is 2. The van der Waals surface area contributed by atoms with Gasteiger partial charge in [-0.05, 0) is 60.7 Å². The smallest absolute Gasteiger partial charge is 0.227 e. The molecular weight excluding hydrogens is 595 g/mol. The third-order valence-corrected chi connectivity index (χ3v) is 9.07. The van der Waals surface area contributed by atoms with Gasteiger partial charge >= 0.3 is 0 Å². The summed E-state index contributed by atoms with van der Waals surface area (Å²) in [5.74, 6) is -0.0195. The fraction of sp³-hybridized carbons (Fsp3) is 0.250. The molecule has 6 aromatic rings. The molecule has 1 amide bonds. The van der Waals surface area contributed by atoms with Gasteiger partial charge in [0.2, 0.25) is 5.91 Å². The van der Waals surface area contributed by atoms with Gasteiger partial charge in [-0.2, -0.15) is 5.10 Å². The molecule has 1 saturated carbocycles. The third-order valence-electron chi connectivity index (χ3n) is 8.12. The van der Waals surface area contributed by atoms with E-state index >= 15 is 0 Å². The molecule has 228 valence electrons. The Morgan fingerprint density at radius 2 is 1.89 bits per heavy atom. The molecular formula is C32H29FN8O3S. The lowest BCUT2D eigenvalue weighted by atomic mass is 10.0. The van der Waals surface area contributed by atoms with Crippen molar-refractivity contribution in [1.82, 2.24) is 35.1 Å². The van der Waals surface area contributed by atoms with Gasteiger partial charge in [-0.1, -0.05) is 18.9 Å². The Morgan fingerprint density at radius 3 is 2.71 bits per heavy atom. The average molecular weight is 625 g/mol. The highest BCUT2D eigenvalue weighted by Gasteiger charge is 2.23. The zero-order valence-electron chi connectivity index (χ0n) is 24.3. The fourth-order valence-corrected chi connectivity index (χ4v) is 6.46. The van der Waals surface area contributed by atoms with Crippen molar-refractivity contribution in [2.24, 2.45) is 5.92 Å². The Morgan fingerprint density at radius 1 is 1.04 bits per heavy atom. The molecule has 1 aliphatic rings. The molecule has 0 radical (unpaired) electrons. The van der Waals surface area contributed by atoms with Crippen LogP contribution in [0.5, 0.6) is 0 Å². The fourth-order valence-electron chi connectivity index (χ4n) is 5.85. The third kappa shape index (κ3) is 6.03. The van der Waals surface area contributed by atoms with E-state index in [2.05, 4.69) is 40.4 Å². The number of rotatable bonds is 8. The van der Waals surface area contributed by atoms with Crippen LogP contribution in [0.1, 0.15) is 31.2 Å². The average Bonchev–Trinajstić information content (AvgIpc) is 3.79. The Bertz CT molecular complexity index is 2190. The molecule has 7 rings (SSSR count). The van der Waals surface area contributed by atoms with E-state index in [-0.39, 0.29) is 24.0 Å². The first-order valence-corrected chi connectivity index (χ1v) is 16.7. The summed E-state index contributed by atoms with van der Waals surface area (Å²) in [6, 6.07) is 10.0. The van der Waals surface area contributed by atoms with Gasteiger partial charge in [-0.3, -0.25) is 19.9 Å². The van der Waals surface area contributed by atoms with Crippen LogP contribution in [0.25, 0.3) is 56.0 Å². The van der Waals surface area contributed by atoms with Gasteiger partial charge in [0.05, 0.1) is 40.6 Å². The van der Waals surface area contributed by atoms with Gasteiger partial charge in [-0.25, -0.2) is 22.8 Å². The minimum atomic E-state index is -3.20. The Hall–Kier alpha value is -5.04. The van der Waals surface area contributed by atoms with Crippen molar-refractivity contribution in [2.75, 3.05) is 17.3 Å². The Balaban J connectivity index is 1.22. The van der Waals surface area contributed by atoms with Crippen molar-refractivity contribution in [3.63, 3.8) is 0 Å². The summed E-state index contributed by atoms with van der Waals surface area (Å²) in [5.41, 5.74) is 6.07. The Kier molecular flexibility index (Phi) is 7.32. The molecule has 0 bridgehead atoms. The second-order valence-corrected chi connectivity index (χ2v) is 13.8. The SMILES string of the molecule is CS(=O)(=O)CCc1cc(F)cc(-c2ccnc3nc(-c4n[nH]c5cnc(-c6cncc(NC(=O)C7CCCC7)c6)cc45)[nH]c23)c1. The molecule has 0 spiro atoms. The second kappa shape index (κ2) is 11.5. The van der Waals surface area contributed by atoms with Crippen LogP contribution in [-0.4, -0.2) is 61.5 Å². The minimum Gasteiger partial charge on any atom is -0.335 e. The molecule has 0 aliphatic heterocycles. The molecule has 1 aliphatic carbocycles. The number of nitrogens with one attached hydrogen (secondary N) is 3. The summed E-state index contributed by atoms with van der Waals surface area (Å²) >= 11 is 0. The number of anilines is 1. The Labute approximate surface area is 257 Å². The summed E-state index contributed by atoms with van der Waals surface area (Å²) in [7, 11) is -3.20. The highest BCUT2D eigenvalue weighted by Crippen LogP contribution is 2.33. The number of hydrogen-bond donors (Lipinski definition) is 3. The number of amides is 1. The number of imidazole rings is 1. The van der Waals surface area contributed by atoms with E-state index in [1.807, 2.05) is 12.1 Å². The molecule has 13 heteroatoms. The summed E-state index contributed by atoms with van der Waals surface area (Å²) in [6.45, 7) is 0. The predicted octanol–water partition coefficient (Wildman–Crippen LogP) is 5.48. The highest BCUT2D eigenvalue weighted by molar-refractivity contribution is 7.90. The topological polar surface area (TPSA) is 159 Å². The van der Waals surface area contributed by atoms with Gasteiger partial charge < -0.3 is 10.3 Å². The van der Waals surface area contributed by atoms with E-state index in [9.17, 15) is 17.6 Å².